The lowest BCUT2D eigenvalue weighted by Crippen LogP contribution is -2.33. The number of hydrogen-bond donors (Lipinski definition) is 2. The highest BCUT2D eigenvalue weighted by Crippen LogP contribution is 2.18. The average Bonchev–Trinajstić information content (AvgIpc) is 2.87. The Bertz CT molecular complexity index is 568. The summed E-state index contributed by atoms with van der Waals surface area (Å²) in [7, 11) is 0. The van der Waals surface area contributed by atoms with Gasteiger partial charge < -0.3 is 15.0 Å². The highest BCUT2D eigenvalue weighted by molar-refractivity contribution is 5.94. The van der Waals surface area contributed by atoms with Crippen molar-refractivity contribution in [2.45, 2.75) is 6.42 Å². The lowest BCUT2D eigenvalue weighted by Gasteiger charge is -2.15. The largest absolute Gasteiger partial charge is 0.396 e. The maximum atomic E-state index is 12.1. The number of aliphatic hydroxyl groups excluding tert-OH is 1. The van der Waals surface area contributed by atoms with Gasteiger partial charge in [-0.3, -0.25) is 19.7 Å². The lowest BCUT2D eigenvalue weighted by atomic mass is 10.1. The summed E-state index contributed by atoms with van der Waals surface area (Å²) in [5.74, 6) is -0.539. The third-order valence-corrected chi connectivity index (χ3v) is 3.16. The van der Waals surface area contributed by atoms with Gasteiger partial charge >= 0.3 is 0 Å². The minimum absolute atomic E-state index is 0.00160. The SMILES string of the molecule is O=C(c1cc([N+](=O)[O-])c[nH]c1=O)N1CCC(CO)C1. The van der Waals surface area contributed by atoms with Gasteiger partial charge in [-0.05, 0) is 6.42 Å². The number of likely N-dealkylation sites (tertiary alicyclic amines) is 1. The van der Waals surface area contributed by atoms with Crippen LogP contribution in [0.4, 0.5) is 5.69 Å². The molecule has 0 aromatic carbocycles. The standard InChI is InChI=1S/C11H13N3O5/c15-6-7-1-2-13(5-7)11(17)9-3-8(14(18)19)4-12-10(9)16/h3-4,7,15H,1-2,5-6H2,(H,12,16). The van der Waals surface area contributed by atoms with Crippen molar-refractivity contribution in [1.29, 1.82) is 0 Å². The molecule has 0 saturated carbocycles. The molecular formula is C11H13N3O5. The lowest BCUT2D eigenvalue weighted by molar-refractivity contribution is -0.385. The van der Waals surface area contributed by atoms with Crippen LogP contribution < -0.4 is 5.56 Å². The van der Waals surface area contributed by atoms with Gasteiger partial charge in [0.05, 0.1) is 11.1 Å². The Morgan fingerprint density at radius 2 is 2.37 bits per heavy atom. The zero-order valence-electron chi connectivity index (χ0n) is 10.0. The van der Waals surface area contributed by atoms with Gasteiger partial charge in [0, 0.05) is 31.7 Å². The van der Waals surface area contributed by atoms with Gasteiger partial charge in [-0.25, -0.2) is 0 Å². The summed E-state index contributed by atoms with van der Waals surface area (Å²) in [6.07, 6.45) is 1.62. The van der Waals surface area contributed by atoms with E-state index in [1.165, 1.54) is 4.90 Å². The Kier molecular flexibility index (Phi) is 3.61. The molecule has 1 aromatic rings. The van der Waals surface area contributed by atoms with Crippen molar-refractivity contribution in [3.8, 4) is 0 Å². The number of carbonyl (C=O) groups is 1. The summed E-state index contributed by atoms with van der Waals surface area (Å²) in [5.41, 5.74) is -1.23. The fraction of sp³-hybridized carbons (Fsp3) is 0.455. The van der Waals surface area contributed by atoms with E-state index in [9.17, 15) is 19.7 Å². The Hall–Kier alpha value is -2.22. The topological polar surface area (TPSA) is 117 Å². The van der Waals surface area contributed by atoms with Crippen molar-refractivity contribution in [3.05, 3.63) is 38.3 Å². The predicted octanol–water partition coefficient (Wildman–Crippen LogP) is -0.262. The molecule has 8 heteroatoms. The molecule has 1 unspecified atom stereocenters. The first-order valence-corrected chi connectivity index (χ1v) is 5.80. The van der Waals surface area contributed by atoms with Crippen LogP contribution in [0.1, 0.15) is 16.8 Å². The van der Waals surface area contributed by atoms with Gasteiger partial charge in [-0.1, -0.05) is 0 Å². The zero-order valence-corrected chi connectivity index (χ0v) is 10.0. The number of amides is 1. The zero-order chi connectivity index (χ0) is 14.0. The summed E-state index contributed by atoms with van der Waals surface area (Å²) < 4.78 is 0. The smallest absolute Gasteiger partial charge is 0.286 e. The first-order valence-electron chi connectivity index (χ1n) is 5.80. The normalized spacial score (nSPS) is 18.6. The van der Waals surface area contributed by atoms with E-state index in [4.69, 9.17) is 5.11 Å². The van der Waals surface area contributed by atoms with Crippen LogP contribution in [-0.2, 0) is 0 Å². The minimum atomic E-state index is -0.673. The first kappa shape index (κ1) is 13.2. The van der Waals surface area contributed by atoms with Gasteiger partial charge in [0.2, 0.25) is 0 Å². The third kappa shape index (κ3) is 2.63. The van der Waals surface area contributed by atoms with Crippen LogP contribution in [0.5, 0.6) is 0 Å². The number of rotatable bonds is 3. The fourth-order valence-electron chi connectivity index (χ4n) is 2.07. The number of aromatic nitrogens is 1. The molecule has 2 rings (SSSR count). The summed E-state index contributed by atoms with van der Waals surface area (Å²) in [4.78, 5) is 37.2. The quantitative estimate of drug-likeness (QED) is 0.578. The van der Waals surface area contributed by atoms with Crippen molar-refractivity contribution in [2.24, 2.45) is 5.92 Å². The number of hydrogen-bond acceptors (Lipinski definition) is 5. The number of nitro groups is 1. The van der Waals surface area contributed by atoms with Gasteiger partial charge in [0.15, 0.2) is 0 Å². The Labute approximate surface area is 107 Å². The van der Waals surface area contributed by atoms with E-state index in [2.05, 4.69) is 4.98 Å². The molecule has 1 aliphatic rings. The van der Waals surface area contributed by atoms with Crippen LogP contribution in [0.3, 0.4) is 0 Å². The first-order chi connectivity index (χ1) is 9.02. The van der Waals surface area contributed by atoms with Crippen LogP contribution in [0.2, 0.25) is 0 Å². The molecule has 2 heterocycles. The van der Waals surface area contributed by atoms with E-state index < -0.39 is 16.4 Å². The third-order valence-electron chi connectivity index (χ3n) is 3.16. The molecule has 1 saturated heterocycles. The number of nitrogens with zero attached hydrogens (tertiary/aromatic N) is 2. The number of aromatic amines is 1. The molecule has 1 atom stereocenters. The predicted molar refractivity (Wildman–Crippen MR) is 64.8 cm³/mol. The molecule has 102 valence electrons. The number of nitrogens with one attached hydrogen (secondary N) is 1. The Balaban J connectivity index is 2.26. The fourth-order valence-corrected chi connectivity index (χ4v) is 2.07. The molecule has 0 aliphatic carbocycles. The maximum Gasteiger partial charge on any atom is 0.286 e. The Morgan fingerprint density at radius 1 is 1.63 bits per heavy atom. The van der Waals surface area contributed by atoms with Crippen LogP contribution >= 0.6 is 0 Å². The second-order valence-corrected chi connectivity index (χ2v) is 4.45. The molecule has 8 nitrogen and oxygen atoms in total. The molecule has 19 heavy (non-hydrogen) atoms. The number of pyridine rings is 1. The highest BCUT2D eigenvalue weighted by Gasteiger charge is 2.28. The summed E-state index contributed by atoms with van der Waals surface area (Å²) >= 11 is 0. The van der Waals surface area contributed by atoms with Crippen molar-refractivity contribution < 1.29 is 14.8 Å². The number of H-pyrrole nitrogens is 1. The van der Waals surface area contributed by atoms with Gasteiger partial charge in [-0.2, -0.15) is 0 Å². The molecular weight excluding hydrogens is 254 g/mol. The van der Waals surface area contributed by atoms with Crippen molar-refractivity contribution in [1.82, 2.24) is 9.88 Å². The second kappa shape index (κ2) is 5.19. The molecule has 1 fully saturated rings. The molecule has 1 aromatic heterocycles. The van der Waals surface area contributed by atoms with Gasteiger partial charge in [-0.15, -0.1) is 0 Å². The van der Waals surface area contributed by atoms with Crippen molar-refractivity contribution >= 4 is 11.6 Å². The van der Waals surface area contributed by atoms with Crippen LogP contribution in [0, 0.1) is 16.0 Å². The van der Waals surface area contributed by atoms with E-state index in [-0.39, 0.29) is 23.8 Å². The highest BCUT2D eigenvalue weighted by atomic mass is 16.6. The minimum Gasteiger partial charge on any atom is -0.396 e. The molecule has 1 aliphatic heterocycles. The van der Waals surface area contributed by atoms with Crippen LogP contribution in [0.15, 0.2) is 17.1 Å². The van der Waals surface area contributed by atoms with Gasteiger partial charge in [0.1, 0.15) is 5.56 Å². The average molecular weight is 267 g/mol. The van der Waals surface area contributed by atoms with E-state index in [0.29, 0.717) is 19.5 Å². The van der Waals surface area contributed by atoms with Crippen LogP contribution in [-0.4, -0.2) is 45.5 Å². The van der Waals surface area contributed by atoms with E-state index in [1.807, 2.05) is 0 Å². The van der Waals surface area contributed by atoms with Crippen molar-refractivity contribution in [2.75, 3.05) is 19.7 Å². The van der Waals surface area contributed by atoms with Crippen molar-refractivity contribution in [3.63, 3.8) is 0 Å². The summed E-state index contributed by atoms with van der Waals surface area (Å²) in [6, 6.07) is 0.980. The Morgan fingerprint density at radius 3 is 2.95 bits per heavy atom. The molecule has 0 radical (unpaired) electrons. The maximum absolute atomic E-state index is 12.1. The molecule has 0 bridgehead atoms. The second-order valence-electron chi connectivity index (χ2n) is 4.45. The van der Waals surface area contributed by atoms with E-state index >= 15 is 0 Å². The molecule has 1 amide bonds. The van der Waals surface area contributed by atoms with Crippen LogP contribution in [0.25, 0.3) is 0 Å². The molecule has 2 N–H and O–H groups in total. The summed E-state index contributed by atoms with van der Waals surface area (Å²) in [6.45, 7) is 0.777. The number of aliphatic hydroxyl groups is 1. The van der Waals surface area contributed by atoms with E-state index in [1.54, 1.807) is 0 Å². The van der Waals surface area contributed by atoms with Gasteiger partial charge in [0.25, 0.3) is 17.2 Å². The van der Waals surface area contributed by atoms with E-state index in [0.717, 1.165) is 12.3 Å². The summed E-state index contributed by atoms with van der Waals surface area (Å²) in [5, 5.41) is 19.6. The number of carbonyl (C=O) groups excluding carboxylic acids is 1. The monoisotopic (exact) mass is 267 g/mol. The molecule has 0 spiro atoms.